The molecule has 0 spiro atoms. The van der Waals surface area contributed by atoms with E-state index in [2.05, 4.69) is 22.4 Å². The highest BCUT2D eigenvalue weighted by Gasteiger charge is 2.22. The predicted molar refractivity (Wildman–Crippen MR) is 123 cm³/mol. The molecular formula is C25H32N4O2. The maximum atomic E-state index is 5.79. The molecule has 3 aromatic rings. The van der Waals surface area contributed by atoms with Crippen molar-refractivity contribution in [1.82, 2.24) is 15.1 Å². The summed E-state index contributed by atoms with van der Waals surface area (Å²) in [5.41, 5.74) is 4.59. The van der Waals surface area contributed by atoms with Crippen molar-refractivity contribution in [3.63, 3.8) is 0 Å². The molecule has 0 saturated heterocycles. The zero-order valence-corrected chi connectivity index (χ0v) is 19.1. The van der Waals surface area contributed by atoms with Crippen molar-refractivity contribution in [1.29, 1.82) is 0 Å². The van der Waals surface area contributed by atoms with Crippen LogP contribution in [0.3, 0.4) is 0 Å². The first-order chi connectivity index (χ1) is 14.9. The monoisotopic (exact) mass is 420 g/mol. The molecule has 0 radical (unpaired) electrons. The molecular weight excluding hydrogens is 388 g/mol. The van der Waals surface area contributed by atoms with E-state index in [0.717, 1.165) is 58.3 Å². The highest BCUT2D eigenvalue weighted by atomic mass is 16.5. The Morgan fingerprint density at radius 2 is 1.77 bits per heavy atom. The second-order valence-electron chi connectivity index (χ2n) is 8.95. The van der Waals surface area contributed by atoms with E-state index in [4.69, 9.17) is 14.2 Å². The normalized spacial score (nSPS) is 18.9. The van der Waals surface area contributed by atoms with Gasteiger partial charge in [-0.1, -0.05) is 24.2 Å². The van der Waals surface area contributed by atoms with Crippen LogP contribution in [0.1, 0.15) is 57.9 Å². The van der Waals surface area contributed by atoms with Gasteiger partial charge in [-0.2, -0.15) is 0 Å². The first-order valence-electron chi connectivity index (χ1n) is 11.2. The molecule has 1 aliphatic rings. The van der Waals surface area contributed by atoms with E-state index in [9.17, 15) is 0 Å². The van der Waals surface area contributed by atoms with Crippen LogP contribution in [-0.2, 0) is 0 Å². The van der Waals surface area contributed by atoms with Gasteiger partial charge >= 0.3 is 0 Å². The van der Waals surface area contributed by atoms with E-state index < -0.39 is 0 Å². The number of ether oxygens (including phenoxy) is 1. The van der Waals surface area contributed by atoms with Crippen LogP contribution in [-0.4, -0.2) is 27.3 Å². The maximum absolute atomic E-state index is 5.79. The fourth-order valence-corrected chi connectivity index (χ4v) is 4.25. The van der Waals surface area contributed by atoms with Crippen molar-refractivity contribution in [3.05, 3.63) is 41.9 Å². The number of aryl methyl sites for hydroxylation is 2. The number of hydrogen-bond donors (Lipinski definition) is 1. The topological polar surface area (TPSA) is 73.1 Å². The summed E-state index contributed by atoms with van der Waals surface area (Å²) >= 11 is 0. The molecule has 1 fully saturated rings. The summed E-state index contributed by atoms with van der Waals surface area (Å²) in [7, 11) is 0. The van der Waals surface area contributed by atoms with Gasteiger partial charge in [0.15, 0.2) is 0 Å². The predicted octanol–water partition coefficient (Wildman–Crippen LogP) is 6.19. The maximum Gasteiger partial charge on any atom is 0.223 e. The first-order valence-corrected chi connectivity index (χ1v) is 11.2. The number of nitrogens with one attached hydrogen (secondary N) is 1. The highest BCUT2D eigenvalue weighted by molar-refractivity contribution is 5.82. The smallest absolute Gasteiger partial charge is 0.223 e. The SMILES string of the molecule is Cc1noc(C)c1-c1nc(N[C@H]2CC[C@H](C)CC2)ncc1-c1ccc(OC(C)C)cc1. The van der Waals surface area contributed by atoms with Gasteiger partial charge in [0.25, 0.3) is 0 Å². The molecule has 2 heterocycles. The highest BCUT2D eigenvalue weighted by Crippen LogP contribution is 2.35. The minimum atomic E-state index is 0.139. The summed E-state index contributed by atoms with van der Waals surface area (Å²) in [5, 5.41) is 7.71. The molecule has 0 amide bonds. The number of benzene rings is 1. The summed E-state index contributed by atoms with van der Waals surface area (Å²) in [6.45, 7) is 10.3. The van der Waals surface area contributed by atoms with Crippen molar-refractivity contribution < 1.29 is 9.26 Å². The Bertz CT molecular complexity index is 999. The van der Waals surface area contributed by atoms with Crippen LogP contribution in [0.4, 0.5) is 5.95 Å². The quantitative estimate of drug-likeness (QED) is 0.512. The Kier molecular flexibility index (Phi) is 6.25. The third kappa shape index (κ3) is 4.89. The van der Waals surface area contributed by atoms with Crippen LogP contribution in [0.15, 0.2) is 35.0 Å². The Morgan fingerprint density at radius 3 is 2.39 bits per heavy atom. The van der Waals surface area contributed by atoms with Gasteiger partial charge in [0.05, 0.1) is 23.1 Å². The number of aromatic nitrogens is 3. The lowest BCUT2D eigenvalue weighted by Crippen LogP contribution is -2.26. The van der Waals surface area contributed by atoms with Gasteiger partial charge in [0.1, 0.15) is 11.5 Å². The van der Waals surface area contributed by atoms with Gasteiger partial charge in [-0.05, 0) is 77.0 Å². The zero-order chi connectivity index (χ0) is 22.0. The summed E-state index contributed by atoms with van der Waals surface area (Å²) in [5.74, 6) is 3.08. The Morgan fingerprint density at radius 1 is 1.06 bits per heavy atom. The fraction of sp³-hybridized carbons (Fsp3) is 0.480. The van der Waals surface area contributed by atoms with Gasteiger partial charge in [-0.15, -0.1) is 0 Å². The standard InChI is InChI=1S/C25H32N4O2/c1-15(2)30-21-12-8-19(9-13-21)22-14-26-25(27-20-10-6-16(3)7-11-20)28-24(22)23-17(4)29-31-18(23)5/h8-9,12-16,20H,6-7,10-11H2,1-5H3,(H,26,27,28)/t16-,20-. The Balaban J connectivity index is 1.69. The molecule has 6 nitrogen and oxygen atoms in total. The minimum Gasteiger partial charge on any atom is -0.491 e. The van der Waals surface area contributed by atoms with E-state index in [0.29, 0.717) is 12.0 Å². The van der Waals surface area contributed by atoms with Gasteiger partial charge in [-0.3, -0.25) is 0 Å². The average Bonchev–Trinajstić information content (AvgIpc) is 3.08. The first kappa shape index (κ1) is 21.3. The van der Waals surface area contributed by atoms with Crippen molar-refractivity contribution in [3.8, 4) is 28.1 Å². The minimum absolute atomic E-state index is 0.139. The molecule has 164 valence electrons. The van der Waals surface area contributed by atoms with Crippen molar-refractivity contribution in [2.45, 2.75) is 72.4 Å². The molecule has 6 heteroatoms. The van der Waals surface area contributed by atoms with E-state index in [1.807, 2.05) is 58.2 Å². The van der Waals surface area contributed by atoms with Gasteiger partial charge in [-0.25, -0.2) is 9.97 Å². The lowest BCUT2D eigenvalue weighted by atomic mass is 9.87. The molecule has 4 rings (SSSR count). The average molecular weight is 421 g/mol. The summed E-state index contributed by atoms with van der Waals surface area (Å²) in [4.78, 5) is 9.61. The summed E-state index contributed by atoms with van der Waals surface area (Å²) < 4.78 is 11.2. The van der Waals surface area contributed by atoms with E-state index in [-0.39, 0.29) is 6.10 Å². The van der Waals surface area contributed by atoms with Crippen LogP contribution in [0.25, 0.3) is 22.4 Å². The van der Waals surface area contributed by atoms with Gasteiger partial charge in [0.2, 0.25) is 5.95 Å². The second-order valence-corrected chi connectivity index (χ2v) is 8.95. The summed E-state index contributed by atoms with van der Waals surface area (Å²) in [6.07, 6.45) is 6.85. The van der Waals surface area contributed by atoms with E-state index in [1.165, 1.54) is 12.8 Å². The molecule has 1 saturated carbocycles. The van der Waals surface area contributed by atoms with Gasteiger partial charge < -0.3 is 14.6 Å². The molecule has 0 bridgehead atoms. The third-order valence-corrected chi connectivity index (χ3v) is 5.95. The van der Waals surface area contributed by atoms with Crippen molar-refractivity contribution in [2.75, 3.05) is 5.32 Å². The summed E-state index contributed by atoms with van der Waals surface area (Å²) in [6, 6.07) is 8.50. The lowest BCUT2D eigenvalue weighted by Gasteiger charge is -2.27. The molecule has 1 N–H and O–H groups in total. The number of rotatable bonds is 6. The number of anilines is 1. The van der Waals surface area contributed by atoms with Crippen LogP contribution in [0.5, 0.6) is 5.75 Å². The molecule has 0 unspecified atom stereocenters. The molecule has 2 aromatic heterocycles. The number of hydrogen-bond acceptors (Lipinski definition) is 6. The van der Waals surface area contributed by atoms with Crippen LogP contribution < -0.4 is 10.1 Å². The molecule has 1 aliphatic carbocycles. The van der Waals surface area contributed by atoms with E-state index >= 15 is 0 Å². The molecule has 31 heavy (non-hydrogen) atoms. The zero-order valence-electron chi connectivity index (χ0n) is 19.1. The van der Waals surface area contributed by atoms with Crippen LogP contribution >= 0.6 is 0 Å². The van der Waals surface area contributed by atoms with E-state index in [1.54, 1.807) is 0 Å². The fourth-order valence-electron chi connectivity index (χ4n) is 4.25. The van der Waals surface area contributed by atoms with Gasteiger partial charge in [0, 0.05) is 17.8 Å². The molecule has 0 aliphatic heterocycles. The van der Waals surface area contributed by atoms with Crippen molar-refractivity contribution >= 4 is 5.95 Å². The Hall–Kier alpha value is -2.89. The van der Waals surface area contributed by atoms with Crippen LogP contribution in [0, 0.1) is 19.8 Å². The van der Waals surface area contributed by atoms with Crippen LogP contribution in [0.2, 0.25) is 0 Å². The second kappa shape index (κ2) is 9.08. The largest absolute Gasteiger partial charge is 0.491 e. The molecule has 0 atom stereocenters. The molecule has 1 aromatic carbocycles. The Labute approximate surface area is 184 Å². The lowest BCUT2D eigenvalue weighted by molar-refractivity contribution is 0.242. The third-order valence-electron chi connectivity index (χ3n) is 5.95. The number of nitrogens with zero attached hydrogens (tertiary/aromatic N) is 3. The van der Waals surface area contributed by atoms with Crippen molar-refractivity contribution in [2.24, 2.45) is 5.92 Å².